The Balaban J connectivity index is 1.41. The van der Waals surface area contributed by atoms with Crippen LogP contribution < -0.4 is 14.8 Å². The molecule has 0 fully saturated rings. The van der Waals surface area contributed by atoms with Gasteiger partial charge >= 0.3 is 6.01 Å². The third-order valence-electron chi connectivity index (χ3n) is 4.07. The molecule has 2 unspecified atom stereocenters. The van der Waals surface area contributed by atoms with Crippen LogP contribution in [0, 0.1) is 5.82 Å². The second-order valence-corrected chi connectivity index (χ2v) is 6.10. The van der Waals surface area contributed by atoms with E-state index >= 15 is 0 Å². The number of nitrogens with zero attached hydrogens (tertiary/aromatic N) is 2. The van der Waals surface area contributed by atoms with E-state index in [9.17, 15) is 9.18 Å². The van der Waals surface area contributed by atoms with Crippen LogP contribution in [0.2, 0.25) is 0 Å². The Kier molecular flexibility index (Phi) is 4.45. The van der Waals surface area contributed by atoms with E-state index < -0.39 is 18.1 Å². The molecule has 2 heterocycles. The van der Waals surface area contributed by atoms with E-state index in [2.05, 4.69) is 15.5 Å². The van der Waals surface area contributed by atoms with Gasteiger partial charge in [-0.15, -0.1) is 5.10 Å². The maximum absolute atomic E-state index is 13.0. The molecule has 1 amide bonds. The second kappa shape index (κ2) is 7.06. The fourth-order valence-electron chi connectivity index (χ4n) is 2.74. The summed E-state index contributed by atoms with van der Waals surface area (Å²) in [5.41, 5.74) is 0.812. The number of para-hydroxylation sites is 2. The van der Waals surface area contributed by atoms with Gasteiger partial charge in [-0.05, 0) is 36.8 Å². The van der Waals surface area contributed by atoms with Crippen molar-refractivity contribution in [2.75, 3.05) is 5.32 Å². The number of nitrogens with one attached hydrogen (secondary N) is 1. The van der Waals surface area contributed by atoms with Crippen LogP contribution in [0.25, 0.3) is 0 Å². The van der Waals surface area contributed by atoms with E-state index in [1.54, 1.807) is 37.3 Å². The van der Waals surface area contributed by atoms with Crippen molar-refractivity contribution in [1.82, 2.24) is 10.2 Å². The molecule has 0 aliphatic carbocycles. The van der Waals surface area contributed by atoms with Crippen LogP contribution in [0.3, 0.4) is 0 Å². The molecule has 1 aliphatic heterocycles. The number of carbonyl (C=O) groups excluding carboxylic acids is 1. The van der Waals surface area contributed by atoms with E-state index in [1.165, 1.54) is 12.1 Å². The van der Waals surface area contributed by atoms with Gasteiger partial charge in [-0.25, -0.2) is 4.39 Å². The zero-order valence-electron chi connectivity index (χ0n) is 14.4. The van der Waals surface area contributed by atoms with Crippen molar-refractivity contribution >= 4 is 11.9 Å². The lowest BCUT2D eigenvalue weighted by Gasteiger charge is -2.30. The normalized spacial score (nSPS) is 18.1. The quantitative estimate of drug-likeness (QED) is 0.761. The Labute approximate surface area is 154 Å². The number of anilines is 1. The molecule has 0 radical (unpaired) electrons. The zero-order chi connectivity index (χ0) is 18.8. The third kappa shape index (κ3) is 3.74. The van der Waals surface area contributed by atoms with Gasteiger partial charge in [0.15, 0.2) is 11.5 Å². The predicted molar refractivity (Wildman–Crippen MR) is 93.1 cm³/mol. The number of ether oxygens (including phenoxy) is 2. The topological polar surface area (TPSA) is 86.5 Å². The summed E-state index contributed by atoms with van der Waals surface area (Å²) in [7, 11) is 0. The van der Waals surface area contributed by atoms with Gasteiger partial charge in [-0.3, -0.25) is 10.1 Å². The molecule has 2 atom stereocenters. The summed E-state index contributed by atoms with van der Waals surface area (Å²) >= 11 is 0. The first kappa shape index (κ1) is 17.0. The molecule has 1 aromatic heterocycles. The van der Waals surface area contributed by atoms with Crippen molar-refractivity contribution in [2.24, 2.45) is 0 Å². The largest absolute Gasteiger partial charge is 0.482 e. The molecule has 27 heavy (non-hydrogen) atoms. The molecule has 1 aliphatic rings. The van der Waals surface area contributed by atoms with Crippen molar-refractivity contribution in [3.8, 4) is 11.5 Å². The Hall–Kier alpha value is -3.42. The van der Waals surface area contributed by atoms with Crippen LogP contribution in [-0.2, 0) is 11.2 Å². The number of fused-ring (bicyclic) bond motifs is 1. The summed E-state index contributed by atoms with van der Waals surface area (Å²) in [4.78, 5) is 12.5. The molecule has 138 valence electrons. The van der Waals surface area contributed by atoms with Crippen molar-refractivity contribution in [3.05, 3.63) is 65.8 Å². The highest BCUT2D eigenvalue weighted by molar-refractivity contribution is 5.93. The highest BCUT2D eigenvalue weighted by Gasteiger charge is 2.34. The number of hydrogen-bond acceptors (Lipinski definition) is 6. The molecular weight excluding hydrogens is 353 g/mol. The van der Waals surface area contributed by atoms with Crippen LogP contribution in [-0.4, -0.2) is 28.3 Å². The molecular formula is C19H16FN3O4. The summed E-state index contributed by atoms with van der Waals surface area (Å²) in [5, 5.41) is 10.2. The average molecular weight is 369 g/mol. The van der Waals surface area contributed by atoms with Crippen LogP contribution in [0.5, 0.6) is 11.5 Å². The zero-order valence-corrected chi connectivity index (χ0v) is 14.4. The molecule has 3 aromatic rings. The number of rotatable bonds is 4. The molecule has 0 saturated carbocycles. The smallest absolute Gasteiger partial charge is 0.322 e. The minimum Gasteiger partial charge on any atom is -0.482 e. The molecule has 8 heteroatoms. The fraction of sp³-hybridized carbons (Fsp3) is 0.211. The van der Waals surface area contributed by atoms with Crippen LogP contribution in [0.4, 0.5) is 10.4 Å². The maximum Gasteiger partial charge on any atom is 0.322 e. The van der Waals surface area contributed by atoms with Crippen molar-refractivity contribution in [3.63, 3.8) is 0 Å². The van der Waals surface area contributed by atoms with E-state index in [-0.39, 0.29) is 11.8 Å². The Bertz CT molecular complexity index is 958. The van der Waals surface area contributed by atoms with E-state index in [4.69, 9.17) is 13.9 Å². The SMILES string of the molecule is CC1Oc2ccccc2OC1C(=O)Nc1nnc(Cc2ccc(F)cc2)o1. The lowest BCUT2D eigenvalue weighted by atomic mass is 10.1. The first-order valence-corrected chi connectivity index (χ1v) is 8.38. The number of benzene rings is 2. The lowest BCUT2D eigenvalue weighted by molar-refractivity contribution is -0.128. The van der Waals surface area contributed by atoms with Gasteiger partial charge in [0.25, 0.3) is 5.91 Å². The Morgan fingerprint density at radius 3 is 2.52 bits per heavy atom. The van der Waals surface area contributed by atoms with Gasteiger partial charge in [-0.2, -0.15) is 0 Å². The Morgan fingerprint density at radius 1 is 1.07 bits per heavy atom. The highest BCUT2D eigenvalue weighted by Crippen LogP contribution is 2.33. The minimum atomic E-state index is -0.854. The first-order valence-electron chi connectivity index (χ1n) is 8.38. The van der Waals surface area contributed by atoms with Gasteiger partial charge < -0.3 is 13.9 Å². The summed E-state index contributed by atoms with van der Waals surface area (Å²) < 4.78 is 29.8. The summed E-state index contributed by atoms with van der Waals surface area (Å²) in [6.45, 7) is 1.74. The second-order valence-electron chi connectivity index (χ2n) is 6.10. The number of amides is 1. The van der Waals surface area contributed by atoms with Crippen LogP contribution in [0.1, 0.15) is 18.4 Å². The summed E-state index contributed by atoms with van der Waals surface area (Å²) in [6, 6.07) is 13.1. The van der Waals surface area contributed by atoms with E-state index in [0.29, 0.717) is 23.8 Å². The molecule has 0 bridgehead atoms. The van der Waals surface area contributed by atoms with Gasteiger partial charge in [-0.1, -0.05) is 29.4 Å². The van der Waals surface area contributed by atoms with Gasteiger partial charge in [0.1, 0.15) is 11.9 Å². The molecule has 7 nitrogen and oxygen atoms in total. The van der Waals surface area contributed by atoms with Crippen molar-refractivity contribution in [2.45, 2.75) is 25.6 Å². The molecule has 0 spiro atoms. The predicted octanol–water partition coefficient (Wildman–Crippen LogP) is 2.97. The van der Waals surface area contributed by atoms with Crippen LogP contribution in [0.15, 0.2) is 52.9 Å². The highest BCUT2D eigenvalue weighted by atomic mass is 19.1. The fourth-order valence-corrected chi connectivity index (χ4v) is 2.74. The number of hydrogen-bond donors (Lipinski definition) is 1. The number of aromatic nitrogens is 2. The monoisotopic (exact) mass is 369 g/mol. The van der Waals surface area contributed by atoms with E-state index in [1.807, 2.05) is 6.07 Å². The molecule has 0 saturated heterocycles. The standard InChI is InChI=1S/C19H16FN3O4/c1-11-17(26-15-5-3-2-4-14(15)25-11)18(24)21-19-23-22-16(27-19)10-12-6-8-13(20)9-7-12/h2-9,11,17H,10H2,1H3,(H,21,23,24). The molecule has 2 aromatic carbocycles. The van der Waals surface area contributed by atoms with E-state index in [0.717, 1.165) is 5.56 Å². The summed E-state index contributed by atoms with van der Waals surface area (Å²) in [5.74, 6) is 0.624. The van der Waals surface area contributed by atoms with Crippen molar-refractivity contribution < 1.29 is 23.1 Å². The Morgan fingerprint density at radius 2 is 1.78 bits per heavy atom. The van der Waals surface area contributed by atoms with Crippen molar-refractivity contribution in [1.29, 1.82) is 0 Å². The van der Waals surface area contributed by atoms with Gasteiger partial charge in [0, 0.05) is 0 Å². The third-order valence-corrected chi connectivity index (χ3v) is 4.07. The summed E-state index contributed by atoms with van der Waals surface area (Å²) in [6.07, 6.45) is -1.01. The molecule has 4 rings (SSSR count). The molecule has 1 N–H and O–H groups in total. The van der Waals surface area contributed by atoms with Crippen LogP contribution >= 0.6 is 0 Å². The number of halogens is 1. The lowest BCUT2D eigenvalue weighted by Crippen LogP contribution is -2.46. The maximum atomic E-state index is 13.0. The average Bonchev–Trinajstić information content (AvgIpc) is 3.09. The van der Waals surface area contributed by atoms with Gasteiger partial charge in [0.05, 0.1) is 6.42 Å². The van der Waals surface area contributed by atoms with Gasteiger partial charge in [0.2, 0.25) is 12.0 Å². The number of carbonyl (C=O) groups is 1. The minimum absolute atomic E-state index is 0.0354. The first-order chi connectivity index (χ1) is 13.1.